The van der Waals surface area contributed by atoms with Gasteiger partial charge in [0.05, 0.1) is 28.9 Å². The largest absolute Gasteiger partial charge is 0.477 e. The van der Waals surface area contributed by atoms with Gasteiger partial charge in [0.15, 0.2) is 0 Å². The molecule has 0 unspecified atom stereocenters. The normalized spacial score (nSPS) is 20.7. The highest BCUT2D eigenvalue weighted by Gasteiger charge is 2.54. The molecule has 0 aliphatic carbocycles. The van der Waals surface area contributed by atoms with Crippen LogP contribution in [0.3, 0.4) is 0 Å². The summed E-state index contributed by atoms with van der Waals surface area (Å²) in [6, 6.07) is -0.782. The van der Waals surface area contributed by atoms with Crippen LogP contribution in [0.2, 0.25) is 5.02 Å². The third kappa shape index (κ3) is 4.41. The first-order valence-electron chi connectivity index (χ1n) is 10.3. The van der Waals surface area contributed by atoms with E-state index in [1.165, 1.54) is 33.1 Å². The number of aliphatic carboxylic acids is 1. The van der Waals surface area contributed by atoms with Crippen molar-refractivity contribution in [1.29, 1.82) is 0 Å². The van der Waals surface area contributed by atoms with Crippen LogP contribution in [0.4, 0.5) is 0 Å². The molecule has 0 aromatic carbocycles. The number of fused-ring (bicyclic) bond motifs is 1. The number of tetrazole rings is 1. The van der Waals surface area contributed by atoms with Gasteiger partial charge in [-0.25, -0.2) is 9.48 Å². The molecule has 34 heavy (non-hydrogen) atoms. The number of carbonyl (C=O) groups is 3. The number of aryl methyl sites for hydroxylation is 2. The second kappa shape index (κ2) is 9.58. The van der Waals surface area contributed by atoms with E-state index in [0.29, 0.717) is 39.5 Å². The molecule has 1 fully saturated rings. The van der Waals surface area contributed by atoms with E-state index in [-0.39, 0.29) is 11.6 Å². The van der Waals surface area contributed by atoms with E-state index in [1.807, 2.05) is 6.92 Å². The highest BCUT2D eigenvalue weighted by atomic mass is 35.5. The van der Waals surface area contributed by atoms with E-state index in [9.17, 15) is 19.5 Å². The maximum Gasteiger partial charge on any atom is 0.352 e. The predicted molar refractivity (Wildman–Crippen MR) is 125 cm³/mol. The lowest BCUT2D eigenvalue weighted by atomic mass is 10.0. The first-order chi connectivity index (χ1) is 16.1. The summed E-state index contributed by atoms with van der Waals surface area (Å²) < 4.78 is 3.17. The molecule has 4 heterocycles. The number of amides is 2. The number of aromatic nitrogens is 6. The van der Waals surface area contributed by atoms with Gasteiger partial charge in [0, 0.05) is 18.6 Å². The quantitative estimate of drug-likeness (QED) is 0.374. The van der Waals surface area contributed by atoms with Crippen molar-refractivity contribution in [2.24, 2.45) is 13.0 Å². The van der Waals surface area contributed by atoms with E-state index in [1.54, 1.807) is 25.6 Å². The Labute approximate surface area is 208 Å². The standard InChI is InChI=1S/C19H23ClN8O4S2/c1-8(5-27-10(3)12(20)9(2)23-27)15(29)21-13-16(30)28-14(18(31)32)11(6-33-17(13)28)7-34-19-22-24-25-26(19)4/h8,13,17H,5-7H2,1-4H3,(H,21,29)(H,31,32)/t8-,13-,17-/m0/s1. The molecule has 3 atom stereocenters. The Bertz CT molecular complexity index is 1200. The number of carboxylic acids is 1. The molecular weight excluding hydrogens is 504 g/mol. The van der Waals surface area contributed by atoms with Crippen molar-refractivity contribution in [2.75, 3.05) is 11.5 Å². The number of nitrogens with one attached hydrogen (secondary N) is 1. The minimum Gasteiger partial charge on any atom is -0.477 e. The fraction of sp³-hybridized carbons (Fsp3) is 0.526. The molecule has 0 radical (unpaired) electrons. The van der Waals surface area contributed by atoms with Crippen molar-refractivity contribution in [2.45, 2.75) is 43.9 Å². The molecule has 2 aliphatic heterocycles. The Balaban J connectivity index is 1.42. The van der Waals surface area contributed by atoms with E-state index in [0.717, 1.165) is 5.69 Å². The number of hydrogen-bond acceptors (Lipinski definition) is 9. The SMILES string of the molecule is Cc1nn(C[C@H](C)C(=O)N[C@H]2C(=O)N3C(C(=O)O)=C(CSc4nnnn4C)CS[C@@H]23)c(C)c1Cl. The van der Waals surface area contributed by atoms with E-state index < -0.39 is 29.2 Å². The third-order valence-electron chi connectivity index (χ3n) is 5.69. The summed E-state index contributed by atoms with van der Waals surface area (Å²) >= 11 is 8.90. The molecule has 0 bridgehead atoms. The molecule has 0 saturated carbocycles. The number of nitrogens with zero attached hydrogens (tertiary/aromatic N) is 7. The summed E-state index contributed by atoms with van der Waals surface area (Å²) in [7, 11) is 1.69. The first-order valence-corrected chi connectivity index (χ1v) is 12.8. The van der Waals surface area contributed by atoms with Gasteiger partial charge in [-0.1, -0.05) is 30.3 Å². The van der Waals surface area contributed by atoms with Gasteiger partial charge in [-0.2, -0.15) is 5.10 Å². The number of carbonyl (C=O) groups excluding carboxylic acids is 2. The molecule has 2 aliphatic rings. The van der Waals surface area contributed by atoms with E-state index >= 15 is 0 Å². The van der Waals surface area contributed by atoms with Crippen molar-refractivity contribution in [3.63, 3.8) is 0 Å². The average molecular weight is 527 g/mol. The van der Waals surface area contributed by atoms with Crippen LogP contribution in [0, 0.1) is 19.8 Å². The van der Waals surface area contributed by atoms with Gasteiger partial charge in [-0.15, -0.1) is 16.9 Å². The van der Waals surface area contributed by atoms with E-state index in [2.05, 4.69) is 25.9 Å². The summed E-state index contributed by atoms with van der Waals surface area (Å²) in [5.74, 6) is -1.64. The number of hydrogen-bond donors (Lipinski definition) is 2. The molecule has 15 heteroatoms. The first kappa shape index (κ1) is 24.5. The molecule has 1 saturated heterocycles. The molecule has 4 rings (SSSR count). The van der Waals surface area contributed by atoms with Crippen LogP contribution in [0.25, 0.3) is 0 Å². The Morgan fingerprint density at radius 2 is 2.12 bits per heavy atom. The summed E-state index contributed by atoms with van der Waals surface area (Å²) in [4.78, 5) is 39.0. The number of halogens is 1. The van der Waals surface area contributed by atoms with Crippen LogP contribution < -0.4 is 5.32 Å². The van der Waals surface area contributed by atoms with Crippen LogP contribution in [0.15, 0.2) is 16.4 Å². The minimum absolute atomic E-state index is 0.0350. The smallest absolute Gasteiger partial charge is 0.352 e. The van der Waals surface area contributed by atoms with E-state index in [4.69, 9.17) is 11.6 Å². The van der Waals surface area contributed by atoms with Crippen LogP contribution in [0.1, 0.15) is 18.3 Å². The van der Waals surface area contributed by atoms with Crippen LogP contribution in [-0.2, 0) is 28.0 Å². The van der Waals surface area contributed by atoms with Gasteiger partial charge in [-0.3, -0.25) is 19.2 Å². The van der Waals surface area contributed by atoms with Crippen LogP contribution in [0.5, 0.6) is 0 Å². The van der Waals surface area contributed by atoms with Gasteiger partial charge in [0.1, 0.15) is 17.1 Å². The average Bonchev–Trinajstić information content (AvgIpc) is 3.32. The van der Waals surface area contributed by atoms with Crippen molar-refractivity contribution < 1.29 is 19.5 Å². The molecule has 2 aromatic rings. The molecule has 0 spiro atoms. The maximum atomic E-state index is 12.9. The maximum absolute atomic E-state index is 12.9. The van der Waals surface area contributed by atoms with Crippen LogP contribution in [-0.4, -0.2) is 80.7 Å². The zero-order valence-corrected chi connectivity index (χ0v) is 21.2. The van der Waals surface area contributed by atoms with Crippen molar-refractivity contribution in [3.05, 3.63) is 27.7 Å². The zero-order chi connectivity index (χ0) is 24.7. The lowest BCUT2D eigenvalue weighted by Crippen LogP contribution is -2.71. The lowest BCUT2D eigenvalue weighted by molar-refractivity contribution is -0.151. The molecule has 182 valence electrons. The van der Waals surface area contributed by atoms with Gasteiger partial charge >= 0.3 is 5.97 Å². The van der Waals surface area contributed by atoms with Crippen molar-refractivity contribution >= 4 is 52.9 Å². The molecular formula is C19H23ClN8O4S2. The highest BCUT2D eigenvalue weighted by molar-refractivity contribution is 8.01. The Morgan fingerprint density at radius 3 is 2.71 bits per heavy atom. The Hall–Kier alpha value is -2.58. The predicted octanol–water partition coefficient (Wildman–Crippen LogP) is 0.844. The Kier molecular flexibility index (Phi) is 6.92. The van der Waals surface area contributed by atoms with Crippen molar-refractivity contribution in [3.8, 4) is 0 Å². The van der Waals surface area contributed by atoms with Gasteiger partial charge < -0.3 is 10.4 Å². The Morgan fingerprint density at radius 1 is 1.38 bits per heavy atom. The topological polar surface area (TPSA) is 148 Å². The molecule has 2 N–H and O–H groups in total. The molecule has 12 nitrogen and oxygen atoms in total. The highest BCUT2D eigenvalue weighted by Crippen LogP contribution is 2.41. The summed E-state index contributed by atoms with van der Waals surface area (Å²) in [6.07, 6.45) is 0. The van der Waals surface area contributed by atoms with Gasteiger partial charge in [0.2, 0.25) is 11.1 Å². The fourth-order valence-electron chi connectivity index (χ4n) is 3.78. The zero-order valence-electron chi connectivity index (χ0n) is 18.9. The number of rotatable bonds is 8. The number of β-lactam (4-membered cyclic amide) rings is 1. The third-order valence-corrected chi connectivity index (χ3v) is 8.68. The summed E-state index contributed by atoms with van der Waals surface area (Å²) in [5.41, 5.74) is 2.03. The summed E-state index contributed by atoms with van der Waals surface area (Å²) in [5, 5.41) is 28.8. The summed E-state index contributed by atoms with van der Waals surface area (Å²) in [6.45, 7) is 5.68. The number of thioether (sulfide) groups is 2. The second-order valence-electron chi connectivity index (χ2n) is 8.10. The van der Waals surface area contributed by atoms with Crippen LogP contribution >= 0.6 is 35.1 Å². The van der Waals surface area contributed by atoms with Gasteiger partial charge in [0.25, 0.3) is 5.91 Å². The fourth-order valence-corrected chi connectivity index (χ4v) is 6.25. The monoisotopic (exact) mass is 526 g/mol. The van der Waals surface area contributed by atoms with Gasteiger partial charge in [-0.05, 0) is 29.8 Å². The number of carboxylic acid groups (broad SMARTS) is 1. The molecule has 2 aromatic heterocycles. The van der Waals surface area contributed by atoms with Crippen molar-refractivity contribution in [1.82, 2.24) is 40.2 Å². The minimum atomic E-state index is -1.18. The molecule has 2 amide bonds. The second-order valence-corrected chi connectivity index (χ2v) is 10.5. The lowest BCUT2D eigenvalue weighted by Gasteiger charge is -2.49.